The number of rotatable bonds is 8. The molecule has 0 aromatic heterocycles. The monoisotopic (exact) mass is 188 g/mol. The number of hydrogen-bond acceptors (Lipinski definition) is 2. The van der Waals surface area contributed by atoms with Crippen LogP contribution < -0.4 is 0 Å². The summed E-state index contributed by atoms with van der Waals surface area (Å²) in [6, 6.07) is 0. The van der Waals surface area contributed by atoms with Crippen molar-refractivity contribution in [2.24, 2.45) is 5.92 Å². The van der Waals surface area contributed by atoms with Crippen LogP contribution in [0.2, 0.25) is 0 Å². The van der Waals surface area contributed by atoms with Crippen LogP contribution in [0.25, 0.3) is 0 Å². The summed E-state index contributed by atoms with van der Waals surface area (Å²) in [7, 11) is 0. The van der Waals surface area contributed by atoms with Crippen molar-refractivity contribution in [3.05, 3.63) is 0 Å². The Hall–Kier alpha value is -0.0800. The lowest BCUT2D eigenvalue weighted by Crippen LogP contribution is -2.17. The van der Waals surface area contributed by atoms with E-state index in [1.807, 2.05) is 13.8 Å². The molecule has 0 saturated carbocycles. The molecule has 0 spiro atoms. The SMILES string of the molecule is CCOC(CCCC(C)C)OCC. The molecule has 80 valence electrons. The summed E-state index contributed by atoms with van der Waals surface area (Å²) in [5.41, 5.74) is 0. The lowest BCUT2D eigenvalue weighted by atomic mass is 10.1. The van der Waals surface area contributed by atoms with Gasteiger partial charge in [-0.2, -0.15) is 0 Å². The third kappa shape index (κ3) is 8.26. The van der Waals surface area contributed by atoms with Gasteiger partial charge >= 0.3 is 0 Å². The third-order valence-electron chi connectivity index (χ3n) is 1.93. The van der Waals surface area contributed by atoms with E-state index in [2.05, 4.69) is 13.8 Å². The highest BCUT2D eigenvalue weighted by atomic mass is 16.7. The van der Waals surface area contributed by atoms with E-state index >= 15 is 0 Å². The summed E-state index contributed by atoms with van der Waals surface area (Å²) in [5, 5.41) is 0. The first-order chi connectivity index (χ1) is 6.20. The lowest BCUT2D eigenvalue weighted by molar-refractivity contribution is -0.140. The summed E-state index contributed by atoms with van der Waals surface area (Å²) in [4.78, 5) is 0. The van der Waals surface area contributed by atoms with Crippen molar-refractivity contribution in [3.63, 3.8) is 0 Å². The molecule has 2 heteroatoms. The summed E-state index contributed by atoms with van der Waals surface area (Å²) in [6.45, 7) is 9.99. The predicted octanol–water partition coefficient (Wildman–Crippen LogP) is 3.21. The van der Waals surface area contributed by atoms with Crippen molar-refractivity contribution in [1.82, 2.24) is 0 Å². The van der Waals surface area contributed by atoms with Gasteiger partial charge in [-0.25, -0.2) is 0 Å². The van der Waals surface area contributed by atoms with Gasteiger partial charge in [0.25, 0.3) is 0 Å². The molecular formula is C11H24O2. The quantitative estimate of drug-likeness (QED) is 0.544. The zero-order valence-electron chi connectivity index (χ0n) is 9.51. The van der Waals surface area contributed by atoms with Gasteiger partial charge in [-0.1, -0.05) is 20.3 Å². The van der Waals surface area contributed by atoms with E-state index < -0.39 is 0 Å². The molecule has 0 aliphatic carbocycles. The molecule has 0 aliphatic heterocycles. The van der Waals surface area contributed by atoms with Crippen molar-refractivity contribution in [2.75, 3.05) is 13.2 Å². The van der Waals surface area contributed by atoms with Gasteiger partial charge in [0, 0.05) is 13.2 Å². The Labute approximate surface area is 82.6 Å². The van der Waals surface area contributed by atoms with E-state index in [0.717, 1.165) is 25.6 Å². The van der Waals surface area contributed by atoms with Crippen LogP contribution in [-0.2, 0) is 9.47 Å². The predicted molar refractivity (Wildman–Crippen MR) is 55.7 cm³/mol. The van der Waals surface area contributed by atoms with Crippen LogP contribution in [0.15, 0.2) is 0 Å². The molecule has 0 aliphatic rings. The second kappa shape index (κ2) is 8.52. The molecule has 0 saturated heterocycles. The average Bonchev–Trinajstić information content (AvgIpc) is 2.04. The van der Waals surface area contributed by atoms with Gasteiger partial charge in [0.05, 0.1) is 0 Å². The smallest absolute Gasteiger partial charge is 0.157 e. The van der Waals surface area contributed by atoms with Gasteiger partial charge in [-0.15, -0.1) is 0 Å². The molecule has 0 heterocycles. The number of ether oxygens (including phenoxy) is 2. The maximum Gasteiger partial charge on any atom is 0.157 e. The molecule has 0 aromatic carbocycles. The maximum absolute atomic E-state index is 5.44. The number of hydrogen-bond donors (Lipinski definition) is 0. The molecule has 0 unspecified atom stereocenters. The van der Waals surface area contributed by atoms with Crippen LogP contribution in [0.5, 0.6) is 0 Å². The lowest BCUT2D eigenvalue weighted by Gasteiger charge is -2.17. The van der Waals surface area contributed by atoms with E-state index in [9.17, 15) is 0 Å². The first-order valence-electron chi connectivity index (χ1n) is 5.43. The Bertz CT molecular complexity index is 96.3. The Balaban J connectivity index is 3.44. The Morgan fingerprint density at radius 1 is 0.923 bits per heavy atom. The zero-order chi connectivity index (χ0) is 10.1. The highest BCUT2D eigenvalue weighted by Crippen LogP contribution is 2.11. The summed E-state index contributed by atoms with van der Waals surface area (Å²) >= 11 is 0. The van der Waals surface area contributed by atoms with Crippen LogP contribution in [0.4, 0.5) is 0 Å². The van der Waals surface area contributed by atoms with Crippen molar-refractivity contribution in [2.45, 2.75) is 53.2 Å². The minimum Gasteiger partial charge on any atom is -0.353 e. The Morgan fingerprint density at radius 2 is 1.46 bits per heavy atom. The fourth-order valence-corrected chi connectivity index (χ4v) is 1.28. The molecule has 13 heavy (non-hydrogen) atoms. The second-order valence-corrected chi connectivity index (χ2v) is 3.66. The first-order valence-corrected chi connectivity index (χ1v) is 5.43. The highest BCUT2D eigenvalue weighted by Gasteiger charge is 2.07. The molecule has 0 aromatic rings. The summed E-state index contributed by atoms with van der Waals surface area (Å²) in [6.07, 6.45) is 3.51. The van der Waals surface area contributed by atoms with Gasteiger partial charge in [-0.3, -0.25) is 0 Å². The molecule has 2 nitrogen and oxygen atoms in total. The molecule has 0 atom stereocenters. The molecular weight excluding hydrogens is 164 g/mol. The Kier molecular flexibility index (Phi) is 8.46. The van der Waals surface area contributed by atoms with Gasteiger partial charge in [0.2, 0.25) is 0 Å². The Morgan fingerprint density at radius 3 is 1.85 bits per heavy atom. The van der Waals surface area contributed by atoms with Gasteiger partial charge in [-0.05, 0) is 32.6 Å². The van der Waals surface area contributed by atoms with Crippen molar-refractivity contribution < 1.29 is 9.47 Å². The topological polar surface area (TPSA) is 18.5 Å². The second-order valence-electron chi connectivity index (χ2n) is 3.66. The average molecular weight is 188 g/mol. The highest BCUT2D eigenvalue weighted by molar-refractivity contribution is 4.50. The molecule has 0 fully saturated rings. The maximum atomic E-state index is 5.44. The van der Waals surface area contributed by atoms with Crippen LogP contribution >= 0.6 is 0 Å². The van der Waals surface area contributed by atoms with E-state index in [4.69, 9.17) is 9.47 Å². The van der Waals surface area contributed by atoms with Crippen LogP contribution in [-0.4, -0.2) is 19.5 Å². The normalized spacial score (nSPS) is 11.5. The fraction of sp³-hybridized carbons (Fsp3) is 1.00. The summed E-state index contributed by atoms with van der Waals surface area (Å²) < 4.78 is 10.9. The molecule has 0 N–H and O–H groups in total. The largest absolute Gasteiger partial charge is 0.353 e. The van der Waals surface area contributed by atoms with E-state index in [0.29, 0.717) is 0 Å². The van der Waals surface area contributed by atoms with E-state index in [1.165, 1.54) is 12.8 Å². The van der Waals surface area contributed by atoms with Crippen LogP contribution in [0.3, 0.4) is 0 Å². The molecule has 0 amide bonds. The molecule has 0 bridgehead atoms. The molecule has 0 rings (SSSR count). The van der Waals surface area contributed by atoms with E-state index in [-0.39, 0.29) is 6.29 Å². The first kappa shape index (κ1) is 12.9. The van der Waals surface area contributed by atoms with Crippen LogP contribution in [0, 0.1) is 5.92 Å². The molecule has 0 radical (unpaired) electrons. The fourth-order valence-electron chi connectivity index (χ4n) is 1.28. The standard InChI is InChI=1S/C11H24O2/c1-5-12-11(13-6-2)9-7-8-10(3)4/h10-11H,5-9H2,1-4H3. The van der Waals surface area contributed by atoms with Gasteiger partial charge in [0.1, 0.15) is 0 Å². The van der Waals surface area contributed by atoms with Gasteiger partial charge in [0.15, 0.2) is 6.29 Å². The zero-order valence-corrected chi connectivity index (χ0v) is 9.51. The van der Waals surface area contributed by atoms with Crippen molar-refractivity contribution in [3.8, 4) is 0 Å². The van der Waals surface area contributed by atoms with Crippen molar-refractivity contribution in [1.29, 1.82) is 0 Å². The van der Waals surface area contributed by atoms with Crippen LogP contribution in [0.1, 0.15) is 47.0 Å². The summed E-state index contributed by atoms with van der Waals surface area (Å²) in [5.74, 6) is 0.781. The minimum atomic E-state index is 0.0220. The van der Waals surface area contributed by atoms with E-state index in [1.54, 1.807) is 0 Å². The minimum absolute atomic E-state index is 0.0220. The third-order valence-corrected chi connectivity index (χ3v) is 1.93. The van der Waals surface area contributed by atoms with Gasteiger partial charge < -0.3 is 9.47 Å². The van der Waals surface area contributed by atoms with Crippen molar-refractivity contribution >= 4 is 0 Å².